The van der Waals surface area contributed by atoms with Gasteiger partial charge in [0.05, 0.1) is 34.5 Å². The van der Waals surface area contributed by atoms with Crippen LogP contribution in [-0.2, 0) is 41.3 Å². The molecule has 0 saturated carbocycles. The standard InChI is InChI=1S/C28H32F3N3O10S3/c1-32(8-11-35)45(39,40)22-14-17(15-25(38)28(29,30)31)18-4-5-20-23(46(41,42)33(2)9-12-36)16-24(47(43,44)34(3)10-13-37)21-7-6-19(22)26(18)27(20)21/h4-7,14,16,35-37H,8-13,15H2,1-3H3. The molecule has 0 fully saturated rings. The highest BCUT2D eigenvalue weighted by molar-refractivity contribution is 7.90. The molecule has 0 aromatic heterocycles. The number of hydrogen-bond donors (Lipinski definition) is 3. The van der Waals surface area contributed by atoms with E-state index in [9.17, 15) is 58.5 Å². The lowest BCUT2D eigenvalue weighted by Gasteiger charge is -2.25. The van der Waals surface area contributed by atoms with E-state index in [1.165, 1.54) is 24.3 Å². The highest BCUT2D eigenvalue weighted by Crippen LogP contribution is 2.45. The summed E-state index contributed by atoms with van der Waals surface area (Å²) in [5.41, 5.74) is -0.377. The van der Waals surface area contributed by atoms with Crippen LogP contribution in [-0.4, -0.2) is 126 Å². The summed E-state index contributed by atoms with van der Waals surface area (Å²) in [6.45, 7) is -2.97. The van der Waals surface area contributed by atoms with E-state index >= 15 is 0 Å². The molecule has 0 bridgehead atoms. The van der Waals surface area contributed by atoms with E-state index in [1.807, 2.05) is 0 Å². The first kappa shape index (κ1) is 36.8. The molecule has 3 N–H and O–H groups in total. The summed E-state index contributed by atoms with van der Waals surface area (Å²) in [5, 5.41) is 27.6. The Kier molecular flexibility index (Phi) is 10.3. The number of alkyl halides is 3. The Hall–Kier alpha value is -3.01. The predicted octanol–water partition coefficient (Wildman–Crippen LogP) is 1.10. The SMILES string of the molecule is CN(CCO)S(=O)(=O)c1cc(CC(=O)C(F)(F)F)c2ccc3c(S(=O)(=O)N(C)CCO)cc(S(=O)(=O)N(C)CCO)c4ccc1c2c34. The van der Waals surface area contributed by atoms with Gasteiger partial charge in [0.15, 0.2) is 0 Å². The minimum Gasteiger partial charge on any atom is -0.395 e. The summed E-state index contributed by atoms with van der Waals surface area (Å²) in [6, 6.07) is 6.74. The fourth-order valence-electron chi connectivity index (χ4n) is 5.31. The predicted molar refractivity (Wildman–Crippen MR) is 166 cm³/mol. The number of hydrogen-bond acceptors (Lipinski definition) is 10. The Morgan fingerprint density at radius 3 is 1.28 bits per heavy atom. The molecule has 0 spiro atoms. The van der Waals surface area contributed by atoms with E-state index in [4.69, 9.17) is 0 Å². The number of nitrogens with zero attached hydrogens (tertiary/aromatic N) is 3. The van der Waals surface area contributed by atoms with Gasteiger partial charge >= 0.3 is 6.18 Å². The number of halogens is 3. The molecule has 0 radical (unpaired) electrons. The van der Waals surface area contributed by atoms with Crippen molar-refractivity contribution in [3.63, 3.8) is 0 Å². The van der Waals surface area contributed by atoms with Crippen LogP contribution in [0.1, 0.15) is 5.56 Å². The van der Waals surface area contributed by atoms with E-state index in [-0.39, 0.29) is 51.0 Å². The number of carbonyl (C=O) groups is 1. The largest absolute Gasteiger partial charge is 0.450 e. The van der Waals surface area contributed by atoms with Crippen LogP contribution >= 0.6 is 0 Å². The number of ketones is 1. The van der Waals surface area contributed by atoms with Crippen molar-refractivity contribution in [1.29, 1.82) is 0 Å². The van der Waals surface area contributed by atoms with Crippen LogP contribution in [0.4, 0.5) is 13.2 Å². The lowest BCUT2D eigenvalue weighted by Crippen LogP contribution is -2.32. The highest BCUT2D eigenvalue weighted by Gasteiger charge is 2.39. The van der Waals surface area contributed by atoms with Gasteiger partial charge in [-0.3, -0.25) is 4.79 Å². The Bertz CT molecular complexity index is 2110. The minimum absolute atomic E-state index is 0.0650. The van der Waals surface area contributed by atoms with E-state index in [0.29, 0.717) is 0 Å². The van der Waals surface area contributed by atoms with E-state index in [1.54, 1.807) is 0 Å². The third-order valence-electron chi connectivity index (χ3n) is 7.85. The molecule has 0 aliphatic heterocycles. The van der Waals surface area contributed by atoms with Crippen LogP contribution in [0.25, 0.3) is 32.3 Å². The molecule has 4 aromatic rings. The summed E-state index contributed by atoms with van der Waals surface area (Å²) >= 11 is 0. The van der Waals surface area contributed by atoms with Crippen molar-refractivity contribution in [2.75, 3.05) is 60.6 Å². The second kappa shape index (κ2) is 13.1. The maximum atomic E-state index is 13.8. The van der Waals surface area contributed by atoms with Gasteiger partial charge in [-0.25, -0.2) is 25.3 Å². The lowest BCUT2D eigenvalue weighted by atomic mass is 9.90. The number of benzene rings is 4. The molecular weight excluding hydrogens is 692 g/mol. The molecule has 47 heavy (non-hydrogen) atoms. The number of aliphatic hydroxyl groups excluding tert-OH is 3. The quantitative estimate of drug-likeness (QED) is 0.159. The lowest BCUT2D eigenvalue weighted by molar-refractivity contribution is -0.170. The molecule has 0 unspecified atom stereocenters. The smallest absolute Gasteiger partial charge is 0.395 e. The van der Waals surface area contributed by atoms with Gasteiger partial charge in [0.2, 0.25) is 35.9 Å². The molecule has 4 aromatic carbocycles. The first-order valence-electron chi connectivity index (χ1n) is 13.9. The van der Waals surface area contributed by atoms with Crippen LogP contribution in [0.15, 0.2) is 51.1 Å². The van der Waals surface area contributed by atoms with Crippen molar-refractivity contribution >= 4 is 68.2 Å². The second-order valence-corrected chi connectivity index (χ2v) is 16.8. The van der Waals surface area contributed by atoms with Crippen molar-refractivity contribution in [3.05, 3.63) is 42.0 Å². The van der Waals surface area contributed by atoms with Gasteiger partial charge in [0.25, 0.3) is 0 Å². The van der Waals surface area contributed by atoms with Gasteiger partial charge in [-0.05, 0) is 28.5 Å². The zero-order valence-electron chi connectivity index (χ0n) is 25.3. The van der Waals surface area contributed by atoms with Crippen LogP contribution in [0.5, 0.6) is 0 Å². The van der Waals surface area contributed by atoms with Crippen molar-refractivity contribution in [3.8, 4) is 0 Å². The molecule has 13 nitrogen and oxygen atoms in total. The highest BCUT2D eigenvalue weighted by atomic mass is 32.2. The molecule has 0 atom stereocenters. The molecule has 0 heterocycles. The first-order chi connectivity index (χ1) is 21.8. The van der Waals surface area contributed by atoms with E-state index in [0.717, 1.165) is 46.2 Å². The number of aliphatic hydroxyl groups is 3. The Balaban J connectivity index is 2.31. The van der Waals surface area contributed by atoms with Gasteiger partial charge < -0.3 is 15.3 Å². The fraction of sp³-hybridized carbons (Fsp3) is 0.393. The van der Waals surface area contributed by atoms with Gasteiger partial charge in [-0.15, -0.1) is 0 Å². The Morgan fingerprint density at radius 2 is 0.936 bits per heavy atom. The van der Waals surface area contributed by atoms with Crippen molar-refractivity contribution < 1.29 is 58.5 Å². The normalized spacial score (nSPS) is 13.7. The van der Waals surface area contributed by atoms with Gasteiger partial charge in [0, 0.05) is 68.7 Å². The Labute approximate surface area is 268 Å². The fourth-order valence-corrected chi connectivity index (χ4v) is 9.53. The van der Waals surface area contributed by atoms with Gasteiger partial charge in [0.1, 0.15) is 0 Å². The molecule has 0 saturated heterocycles. The summed E-state index contributed by atoms with van der Waals surface area (Å²) in [4.78, 5) is 10.5. The maximum Gasteiger partial charge on any atom is 0.450 e. The first-order valence-corrected chi connectivity index (χ1v) is 18.2. The summed E-state index contributed by atoms with van der Waals surface area (Å²) in [5.74, 6) is -2.19. The average molecular weight is 724 g/mol. The number of sulfonamides is 3. The van der Waals surface area contributed by atoms with Crippen LogP contribution in [0.2, 0.25) is 0 Å². The van der Waals surface area contributed by atoms with Crippen LogP contribution in [0.3, 0.4) is 0 Å². The number of rotatable bonds is 14. The summed E-state index contributed by atoms with van der Waals surface area (Å²) in [7, 11) is -10.3. The molecule has 4 rings (SSSR count). The van der Waals surface area contributed by atoms with Crippen molar-refractivity contribution in [2.45, 2.75) is 27.3 Å². The monoisotopic (exact) mass is 723 g/mol. The van der Waals surface area contributed by atoms with Crippen LogP contribution < -0.4 is 0 Å². The number of likely N-dealkylation sites (N-methyl/N-ethyl adjacent to an activating group) is 3. The zero-order valence-corrected chi connectivity index (χ0v) is 27.8. The third kappa shape index (κ3) is 6.43. The summed E-state index contributed by atoms with van der Waals surface area (Å²) in [6.07, 6.45) is -6.58. The molecule has 0 aliphatic rings. The third-order valence-corrected chi connectivity index (χ3v) is 13.5. The molecule has 258 valence electrons. The van der Waals surface area contributed by atoms with Gasteiger partial charge in [-0.1, -0.05) is 24.3 Å². The van der Waals surface area contributed by atoms with Crippen molar-refractivity contribution in [2.24, 2.45) is 0 Å². The summed E-state index contributed by atoms with van der Waals surface area (Å²) < 4.78 is 125. The van der Waals surface area contributed by atoms with E-state index < -0.39 is 89.5 Å². The minimum atomic E-state index is -5.28. The molecule has 0 aliphatic carbocycles. The topological polar surface area (TPSA) is 190 Å². The molecule has 19 heteroatoms. The zero-order chi connectivity index (χ0) is 35.3. The second-order valence-electron chi connectivity index (χ2n) is 10.7. The average Bonchev–Trinajstić information content (AvgIpc) is 2.99. The molecular formula is C28H32F3N3O10S3. The number of Topliss-reactive ketones (excluding diaryl/α,β-unsaturated/α-hetero) is 1. The van der Waals surface area contributed by atoms with Gasteiger partial charge in [-0.2, -0.15) is 26.1 Å². The van der Waals surface area contributed by atoms with Crippen molar-refractivity contribution in [1.82, 2.24) is 12.9 Å². The number of carbonyl (C=O) groups excluding carboxylic acids is 1. The van der Waals surface area contributed by atoms with Crippen LogP contribution in [0, 0.1) is 0 Å². The van der Waals surface area contributed by atoms with E-state index in [2.05, 4.69) is 0 Å². The Morgan fingerprint density at radius 1 is 0.617 bits per heavy atom. The molecule has 0 amide bonds. The maximum absolute atomic E-state index is 13.8.